The van der Waals surface area contributed by atoms with Gasteiger partial charge in [-0.3, -0.25) is 9.59 Å². The van der Waals surface area contributed by atoms with Crippen molar-refractivity contribution in [1.82, 2.24) is 4.90 Å². The summed E-state index contributed by atoms with van der Waals surface area (Å²) in [6.07, 6.45) is 1.90. The molecule has 2 aromatic rings. The van der Waals surface area contributed by atoms with Gasteiger partial charge in [0.05, 0.1) is 0 Å². The number of carbonyl (C=O) groups is 2. The molecule has 6 heteroatoms. The smallest absolute Gasteiger partial charge is 0.253 e. The molecule has 1 aliphatic heterocycles. The van der Waals surface area contributed by atoms with Crippen LogP contribution in [0, 0.1) is 24.5 Å². The van der Waals surface area contributed by atoms with E-state index in [0.29, 0.717) is 25.9 Å². The van der Waals surface area contributed by atoms with E-state index in [1.807, 2.05) is 32.0 Å². The average molecular weight is 386 g/mol. The standard InChI is InChI=1S/C22H24F2N2O2/c1-3-15-6-4-5-14(2)20(15)25-21(27)16-9-11-26(12-10-16)22(28)17-7-8-18(23)19(24)13-17/h4-8,13,16H,3,9-12H2,1-2H3,(H,25,27). The van der Waals surface area contributed by atoms with E-state index >= 15 is 0 Å². The third-order valence-corrected chi connectivity index (χ3v) is 5.31. The van der Waals surface area contributed by atoms with Crippen LogP contribution in [0.5, 0.6) is 0 Å². The summed E-state index contributed by atoms with van der Waals surface area (Å²) in [7, 11) is 0. The van der Waals surface area contributed by atoms with Crippen molar-refractivity contribution in [3.63, 3.8) is 0 Å². The highest BCUT2D eigenvalue weighted by atomic mass is 19.2. The fraction of sp³-hybridized carbons (Fsp3) is 0.364. The van der Waals surface area contributed by atoms with Crippen molar-refractivity contribution in [3.05, 3.63) is 64.7 Å². The lowest BCUT2D eigenvalue weighted by Gasteiger charge is -2.31. The summed E-state index contributed by atoms with van der Waals surface area (Å²) >= 11 is 0. The van der Waals surface area contributed by atoms with Gasteiger partial charge >= 0.3 is 0 Å². The minimum Gasteiger partial charge on any atom is -0.339 e. The molecule has 0 saturated carbocycles. The van der Waals surface area contributed by atoms with Crippen LogP contribution in [0.25, 0.3) is 0 Å². The molecule has 2 aromatic carbocycles. The quantitative estimate of drug-likeness (QED) is 0.850. The van der Waals surface area contributed by atoms with Gasteiger partial charge in [-0.15, -0.1) is 0 Å². The Morgan fingerprint density at radius 2 is 1.82 bits per heavy atom. The summed E-state index contributed by atoms with van der Waals surface area (Å²) in [5, 5.41) is 3.06. The average Bonchev–Trinajstić information content (AvgIpc) is 2.71. The fourth-order valence-electron chi connectivity index (χ4n) is 3.58. The number of hydrogen-bond donors (Lipinski definition) is 1. The Bertz CT molecular complexity index is 890. The van der Waals surface area contributed by atoms with Crippen LogP contribution in [0.4, 0.5) is 14.5 Å². The highest BCUT2D eigenvalue weighted by Gasteiger charge is 2.28. The third-order valence-electron chi connectivity index (χ3n) is 5.31. The Balaban J connectivity index is 1.61. The second kappa shape index (κ2) is 8.50. The van der Waals surface area contributed by atoms with Crippen LogP contribution in [0.15, 0.2) is 36.4 Å². The van der Waals surface area contributed by atoms with E-state index in [4.69, 9.17) is 0 Å². The molecule has 0 unspecified atom stereocenters. The zero-order chi connectivity index (χ0) is 20.3. The summed E-state index contributed by atoms with van der Waals surface area (Å²) in [4.78, 5) is 26.8. The zero-order valence-corrected chi connectivity index (χ0v) is 16.1. The SMILES string of the molecule is CCc1cccc(C)c1NC(=O)C1CCN(C(=O)c2ccc(F)c(F)c2)CC1. The van der Waals surface area contributed by atoms with Gasteiger partial charge in [-0.2, -0.15) is 0 Å². The molecule has 1 heterocycles. The van der Waals surface area contributed by atoms with E-state index in [-0.39, 0.29) is 23.3 Å². The predicted molar refractivity (Wildman–Crippen MR) is 104 cm³/mol. The molecule has 0 aliphatic carbocycles. The number of likely N-dealkylation sites (tertiary alicyclic amines) is 1. The number of anilines is 1. The van der Waals surface area contributed by atoms with Crippen LogP contribution in [0.1, 0.15) is 41.3 Å². The molecule has 3 rings (SSSR count). The zero-order valence-electron chi connectivity index (χ0n) is 16.1. The van der Waals surface area contributed by atoms with Crippen LogP contribution in [0.3, 0.4) is 0 Å². The van der Waals surface area contributed by atoms with Crippen molar-refractivity contribution in [2.45, 2.75) is 33.1 Å². The van der Waals surface area contributed by atoms with Crippen molar-refractivity contribution < 1.29 is 18.4 Å². The lowest BCUT2D eigenvalue weighted by Crippen LogP contribution is -2.41. The molecule has 1 fully saturated rings. The molecular formula is C22H24F2N2O2. The Labute approximate surface area is 163 Å². The van der Waals surface area contributed by atoms with E-state index in [9.17, 15) is 18.4 Å². The van der Waals surface area contributed by atoms with E-state index < -0.39 is 11.6 Å². The van der Waals surface area contributed by atoms with Crippen molar-refractivity contribution in [3.8, 4) is 0 Å². The second-order valence-electron chi connectivity index (χ2n) is 7.15. The lowest BCUT2D eigenvalue weighted by atomic mass is 9.94. The van der Waals surface area contributed by atoms with Gasteiger partial charge in [0, 0.05) is 30.3 Å². The highest BCUT2D eigenvalue weighted by molar-refractivity contribution is 5.96. The first kappa shape index (κ1) is 20.0. The minimum atomic E-state index is -1.04. The van der Waals surface area contributed by atoms with Gasteiger partial charge < -0.3 is 10.2 Å². The maximum atomic E-state index is 13.4. The number of nitrogens with zero attached hydrogens (tertiary/aromatic N) is 1. The summed E-state index contributed by atoms with van der Waals surface area (Å²) in [5.41, 5.74) is 3.11. The summed E-state index contributed by atoms with van der Waals surface area (Å²) in [6.45, 7) is 4.83. The van der Waals surface area contributed by atoms with Gasteiger partial charge in [0.2, 0.25) is 5.91 Å². The molecular weight excluding hydrogens is 362 g/mol. The van der Waals surface area contributed by atoms with Gasteiger partial charge in [0.1, 0.15) is 0 Å². The topological polar surface area (TPSA) is 49.4 Å². The van der Waals surface area contributed by atoms with Crippen LogP contribution in [0.2, 0.25) is 0 Å². The molecule has 1 N–H and O–H groups in total. The molecule has 2 amide bonds. The van der Waals surface area contributed by atoms with Crippen LogP contribution in [-0.2, 0) is 11.2 Å². The number of piperidine rings is 1. The van der Waals surface area contributed by atoms with Crippen LogP contribution in [-0.4, -0.2) is 29.8 Å². The Hall–Kier alpha value is -2.76. The number of aryl methyl sites for hydroxylation is 2. The number of carbonyl (C=O) groups excluding carboxylic acids is 2. The maximum Gasteiger partial charge on any atom is 0.253 e. The van der Waals surface area contributed by atoms with Gasteiger partial charge in [0.15, 0.2) is 11.6 Å². The molecule has 0 radical (unpaired) electrons. The van der Waals surface area contributed by atoms with Crippen molar-refractivity contribution in [2.24, 2.45) is 5.92 Å². The summed E-state index contributed by atoms with van der Waals surface area (Å²) < 4.78 is 26.4. The van der Waals surface area contributed by atoms with Crippen LogP contribution < -0.4 is 5.32 Å². The van der Waals surface area contributed by atoms with E-state index in [1.165, 1.54) is 6.07 Å². The first-order valence-electron chi connectivity index (χ1n) is 9.54. The number of rotatable bonds is 4. The summed E-state index contributed by atoms with van der Waals surface area (Å²) in [6, 6.07) is 9.11. The molecule has 1 aliphatic rings. The molecule has 1 saturated heterocycles. The van der Waals surface area contributed by atoms with Crippen molar-refractivity contribution in [1.29, 1.82) is 0 Å². The molecule has 0 aromatic heterocycles. The number of amides is 2. The highest BCUT2D eigenvalue weighted by Crippen LogP contribution is 2.25. The van der Waals surface area contributed by atoms with E-state index in [1.54, 1.807) is 4.90 Å². The second-order valence-corrected chi connectivity index (χ2v) is 7.15. The number of hydrogen-bond acceptors (Lipinski definition) is 2. The molecule has 28 heavy (non-hydrogen) atoms. The fourth-order valence-corrected chi connectivity index (χ4v) is 3.58. The third kappa shape index (κ3) is 4.21. The van der Waals surface area contributed by atoms with Gasteiger partial charge in [0.25, 0.3) is 5.91 Å². The van der Waals surface area contributed by atoms with Crippen molar-refractivity contribution in [2.75, 3.05) is 18.4 Å². The van der Waals surface area contributed by atoms with Crippen molar-refractivity contribution >= 4 is 17.5 Å². The Morgan fingerprint density at radius 3 is 2.46 bits per heavy atom. The first-order chi connectivity index (χ1) is 13.4. The molecule has 0 atom stereocenters. The van der Waals surface area contributed by atoms with Gasteiger partial charge in [-0.1, -0.05) is 25.1 Å². The van der Waals surface area contributed by atoms with Gasteiger partial charge in [-0.25, -0.2) is 8.78 Å². The number of para-hydroxylation sites is 1. The molecule has 0 bridgehead atoms. The molecule has 4 nitrogen and oxygen atoms in total. The monoisotopic (exact) mass is 386 g/mol. The van der Waals surface area contributed by atoms with E-state index in [0.717, 1.165) is 35.4 Å². The number of halogens is 2. The van der Waals surface area contributed by atoms with Crippen LogP contribution >= 0.6 is 0 Å². The first-order valence-corrected chi connectivity index (χ1v) is 9.54. The van der Waals surface area contributed by atoms with Gasteiger partial charge in [-0.05, 0) is 55.5 Å². The minimum absolute atomic E-state index is 0.0380. The molecule has 148 valence electrons. The largest absolute Gasteiger partial charge is 0.339 e. The predicted octanol–water partition coefficient (Wildman–Crippen LogP) is 4.33. The number of benzene rings is 2. The Kier molecular flexibility index (Phi) is 6.07. The maximum absolute atomic E-state index is 13.4. The lowest BCUT2D eigenvalue weighted by molar-refractivity contribution is -0.121. The molecule has 0 spiro atoms. The Morgan fingerprint density at radius 1 is 1.11 bits per heavy atom. The van der Waals surface area contributed by atoms with E-state index in [2.05, 4.69) is 5.32 Å². The summed E-state index contributed by atoms with van der Waals surface area (Å²) in [5.74, 6) is -2.58. The normalized spacial score (nSPS) is 14.8. The number of nitrogens with one attached hydrogen (secondary N) is 1.